The number of nitrogens with zero attached hydrogens (tertiary/aromatic N) is 2. The summed E-state index contributed by atoms with van der Waals surface area (Å²) in [5.41, 5.74) is 21.2. The largest absolute Gasteiger partial charge is 0.456 e. The summed E-state index contributed by atoms with van der Waals surface area (Å²) in [6.07, 6.45) is 0. The Morgan fingerprint density at radius 2 is 0.823 bits per heavy atom. The lowest BCUT2D eigenvalue weighted by molar-refractivity contribution is 0.669. The van der Waals surface area contributed by atoms with Crippen LogP contribution >= 0.6 is 0 Å². The molecule has 3 heteroatoms. The Kier molecular flexibility index (Phi) is 7.52. The maximum absolute atomic E-state index is 6.61. The summed E-state index contributed by atoms with van der Waals surface area (Å²) in [5, 5.41) is 2.09. The average molecular weight is 789 g/mol. The highest BCUT2D eigenvalue weighted by molar-refractivity contribution is 6.13. The van der Waals surface area contributed by atoms with Crippen LogP contribution < -0.4 is 0 Å². The Bertz CT molecular complexity index is 3540. The third kappa shape index (κ3) is 5.06. The molecule has 0 bridgehead atoms. The van der Waals surface area contributed by atoms with Crippen LogP contribution in [0.5, 0.6) is 0 Å². The van der Waals surface area contributed by atoms with Crippen molar-refractivity contribution in [3.8, 4) is 78.4 Å². The van der Waals surface area contributed by atoms with E-state index >= 15 is 0 Å². The third-order valence-electron chi connectivity index (χ3n) is 13.1. The molecule has 2 heterocycles. The van der Waals surface area contributed by atoms with Crippen LogP contribution in [0.1, 0.15) is 22.3 Å². The molecule has 0 atom stereocenters. The molecule has 1 spiro atoms. The van der Waals surface area contributed by atoms with Crippen molar-refractivity contribution in [2.24, 2.45) is 0 Å². The standard InChI is InChI=1S/C59H36N2O/c1-3-15-37(16-4-1)39-19-13-20-42(33-39)58-60-53(38-17-5-2-6-18-38)36-54(61-58)46-24-14-28-56-57(46)48-35-41(30-32-55(48)62-56)40-29-31-52-47(34-40)45-23-9-12-27-51(45)59(52)49-25-10-7-21-43(49)44-22-8-11-26-50(44)59/h1-36H. The highest BCUT2D eigenvalue weighted by Crippen LogP contribution is 2.63. The van der Waals surface area contributed by atoms with Crippen LogP contribution in [0.4, 0.5) is 0 Å². The second-order valence-electron chi connectivity index (χ2n) is 16.4. The van der Waals surface area contributed by atoms with Crippen LogP contribution in [0, 0.1) is 0 Å². The zero-order valence-corrected chi connectivity index (χ0v) is 33.6. The average Bonchev–Trinajstić information content (AvgIpc) is 3.98. The Hall–Kier alpha value is -8.14. The van der Waals surface area contributed by atoms with Gasteiger partial charge in [0, 0.05) is 27.5 Å². The number of rotatable bonds is 5. The van der Waals surface area contributed by atoms with Crippen molar-refractivity contribution in [3.63, 3.8) is 0 Å². The monoisotopic (exact) mass is 788 g/mol. The maximum atomic E-state index is 6.61. The van der Waals surface area contributed by atoms with Crippen LogP contribution in [0.25, 0.3) is 100 Å². The zero-order valence-electron chi connectivity index (χ0n) is 33.6. The summed E-state index contributed by atoms with van der Waals surface area (Å²) < 4.78 is 6.61. The van der Waals surface area contributed by atoms with Crippen LogP contribution in [-0.2, 0) is 5.41 Å². The summed E-state index contributed by atoms with van der Waals surface area (Å²) in [7, 11) is 0. The molecule has 11 aromatic rings. The molecule has 0 fully saturated rings. The zero-order chi connectivity index (χ0) is 40.8. The number of hydrogen-bond donors (Lipinski definition) is 0. The summed E-state index contributed by atoms with van der Waals surface area (Å²) in [6.45, 7) is 0. The first-order valence-corrected chi connectivity index (χ1v) is 21.2. The molecule has 0 radical (unpaired) electrons. The molecule has 3 nitrogen and oxygen atoms in total. The third-order valence-corrected chi connectivity index (χ3v) is 13.1. The minimum absolute atomic E-state index is 0.366. The van der Waals surface area contributed by atoms with E-state index in [-0.39, 0.29) is 5.41 Å². The van der Waals surface area contributed by atoms with Crippen molar-refractivity contribution < 1.29 is 4.42 Å². The molecule has 2 aliphatic rings. The number of fused-ring (bicyclic) bond motifs is 13. The predicted octanol–water partition coefficient (Wildman–Crippen LogP) is 15.1. The van der Waals surface area contributed by atoms with Crippen LogP contribution in [0.15, 0.2) is 223 Å². The molecule has 2 aromatic heterocycles. The fourth-order valence-corrected chi connectivity index (χ4v) is 10.4. The van der Waals surface area contributed by atoms with E-state index in [1.807, 2.05) is 12.1 Å². The topological polar surface area (TPSA) is 38.9 Å². The normalized spacial score (nSPS) is 13.0. The second kappa shape index (κ2) is 13.4. The van der Waals surface area contributed by atoms with Crippen molar-refractivity contribution in [2.75, 3.05) is 0 Å². The first kappa shape index (κ1) is 34.7. The van der Waals surface area contributed by atoms with Crippen LogP contribution in [-0.4, -0.2) is 9.97 Å². The van der Waals surface area contributed by atoms with E-state index < -0.39 is 0 Å². The quantitative estimate of drug-likeness (QED) is 0.174. The van der Waals surface area contributed by atoms with E-state index in [9.17, 15) is 0 Å². The Labute approximate surface area is 359 Å². The fraction of sp³-hybridized carbons (Fsp3) is 0.0169. The van der Waals surface area contributed by atoms with Gasteiger partial charge in [0.25, 0.3) is 0 Å². The van der Waals surface area contributed by atoms with Gasteiger partial charge in [-0.3, -0.25) is 0 Å². The SMILES string of the molecule is c1ccc(-c2cccc(-c3nc(-c4ccccc4)cc(-c4cccc5oc6ccc(-c7ccc8c(c7)-c7ccccc7C87c8ccccc8-c8ccccc87)cc6c45)n3)c2)cc1. The minimum atomic E-state index is -0.366. The highest BCUT2D eigenvalue weighted by Gasteiger charge is 2.51. The molecule has 0 amide bonds. The van der Waals surface area contributed by atoms with E-state index in [0.717, 1.165) is 72.3 Å². The van der Waals surface area contributed by atoms with Crippen LogP contribution in [0.3, 0.4) is 0 Å². The molecular formula is C59H36N2O. The molecule has 13 rings (SSSR count). The van der Waals surface area contributed by atoms with E-state index in [1.165, 1.54) is 44.5 Å². The van der Waals surface area contributed by atoms with Gasteiger partial charge in [0.15, 0.2) is 5.82 Å². The predicted molar refractivity (Wildman–Crippen MR) is 253 cm³/mol. The smallest absolute Gasteiger partial charge is 0.160 e. The molecule has 0 N–H and O–H groups in total. The maximum Gasteiger partial charge on any atom is 0.160 e. The molecule has 2 aliphatic carbocycles. The number of hydrogen-bond acceptors (Lipinski definition) is 3. The van der Waals surface area contributed by atoms with Gasteiger partial charge in [0.1, 0.15) is 11.2 Å². The number of aromatic nitrogens is 2. The minimum Gasteiger partial charge on any atom is -0.456 e. The Balaban J connectivity index is 0.977. The molecule has 0 aliphatic heterocycles. The van der Waals surface area contributed by atoms with E-state index in [0.29, 0.717) is 5.82 Å². The van der Waals surface area contributed by atoms with Gasteiger partial charge in [-0.25, -0.2) is 9.97 Å². The Morgan fingerprint density at radius 1 is 0.306 bits per heavy atom. The highest BCUT2D eigenvalue weighted by atomic mass is 16.3. The molecule has 62 heavy (non-hydrogen) atoms. The van der Waals surface area contributed by atoms with Gasteiger partial charge < -0.3 is 4.42 Å². The van der Waals surface area contributed by atoms with Crippen molar-refractivity contribution >= 4 is 21.9 Å². The van der Waals surface area contributed by atoms with Crippen molar-refractivity contribution in [1.82, 2.24) is 9.97 Å². The van der Waals surface area contributed by atoms with Crippen LogP contribution in [0.2, 0.25) is 0 Å². The molecule has 0 saturated heterocycles. The van der Waals surface area contributed by atoms with Gasteiger partial charge in [-0.1, -0.05) is 182 Å². The molecule has 9 aromatic carbocycles. The first-order valence-electron chi connectivity index (χ1n) is 21.2. The van der Waals surface area contributed by atoms with Gasteiger partial charge in [-0.15, -0.1) is 0 Å². The van der Waals surface area contributed by atoms with Crippen molar-refractivity contribution in [3.05, 3.63) is 241 Å². The Morgan fingerprint density at radius 3 is 1.55 bits per heavy atom. The van der Waals surface area contributed by atoms with E-state index in [2.05, 4.69) is 206 Å². The van der Waals surface area contributed by atoms with Crippen molar-refractivity contribution in [2.45, 2.75) is 5.41 Å². The van der Waals surface area contributed by atoms with Crippen molar-refractivity contribution in [1.29, 1.82) is 0 Å². The van der Waals surface area contributed by atoms with Gasteiger partial charge in [0.2, 0.25) is 0 Å². The number of furan rings is 1. The number of benzene rings is 9. The van der Waals surface area contributed by atoms with E-state index in [4.69, 9.17) is 14.4 Å². The first-order chi connectivity index (χ1) is 30.7. The van der Waals surface area contributed by atoms with Gasteiger partial charge >= 0.3 is 0 Å². The molecule has 0 saturated carbocycles. The van der Waals surface area contributed by atoms with Gasteiger partial charge in [-0.2, -0.15) is 0 Å². The fourth-order valence-electron chi connectivity index (χ4n) is 10.4. The van der Waals surface area contributed by atoms with Gasteiger partial charge in [-0.05, 0) is 103 Å². The summed E-state index contributed by atoms with van der Waals surface area (Å²) in [6, 6.07) is 78.4. The van der Waals surface area contributed by atoms with Gasteiger partial charge in [0.05, 0.1) is 16.8 Å². The second-order valence-corrected chi connectivity index (χ2v) is 16.4. The van der Waals surface area contributed by atoms with E-state index in [1.54, 1.807) is 0 Å². The molecule has 0 unspecified atom stereocenters. The summed E-state index contributed by atoms with van der Waals surface area (Å²) >= 11 is 0. The summed E-state index contributed by atoms with van der Waals surface area (Å²) in [5.74, 6) is 0.674. The lowest BCUT2D eigenvalue weighted by Crippen LogP contribution is -2.25. The lowest BCUT2D eigenvalue weighted by Gasteiger charge is -2.30. The summed E-state index contributed by atoms with van der Waals surface area (Å²) in [4.78, 5) is 10.5. The molecular weight excluding hydrogens is 753 g/mol. The molecule has 288 valence electrons. The lowest BCUT2D eigenvalue weighted by atomic mass is 9.70.